The van der Waals surface area contributed by atoms with Gasteiger partial charge in [-0.2, -0.15) is 8.78 Å². The number of halogens is 4. The minimum atomic E-state index is -1.68. The highest BCUT2D eigenvalue weighted by molar-refractivity contribution is 5.94. The Morgan fingerprint density at radius 3 is 2.13 bits per heavy atom. The summed E-state index contributed by atoms with van der Waals surface area (Å²) in [6.45, 7) is 1.22. The Balaban J connectivity index is 2.16. The van der Waals surface area contributed by atoms with Crippen molar-refractivity contribution in [1.29, 1.82) is 0 Å². The zero-order valence-corrected chi connectivity index (χ0v) is 12.2. The topological polar surface area (TPSA) is 29.5 Å². The molecular weight excluding hydrogens is 314 g/mol. The second-order valence-electron chi connectivity index (χ2n) is 4.56. The van der Waals surface area contributed by atoms with Gasteiger partial charge in [-0.25, -0.2) is 8.78 Å². The van der Waals surface area contributed by atoms with Crippen molar-refractivity contribution in [2.24, 2.45) is 0 Å². The average Bonchev–Trinajstić information content (AvgIpc) is 2.55. The normalized spacial score (nSPS) is 10.5. The van der Waals surface area contributed by atoms with E-state index in [1.165, 1.54) is 4.90 Å². The number of hydrogen-bond donors (Lipinski definition) is 0. The van der Waals surface area contributed by atoms with Crippen molar-refractivity contribution in [3.05, 3.63) is 59.7 Å². The summed E-state index contributed by atoms with van der Waals surface area (Å²) in [4.78, 5) is 13.4. The highest BCUT2D eigenvalue weighted by atomic mass is 19.2. The average molecular weight is 327 g/mol. The number of likely N-dealkylation sites (N-methyl/N-ethyl adjacent to an activating group) is 1. The van der Waals surface area contributed by atoms with E-state index < -0.39 is 41.5 Å². The lowest BCUT2D eigenvalue weighted by atomic mass is 10.3. The summed E-state index contributed by atoms with van der Waals surface area (Å²) in [6, 6.07) is 8.61. The smallest absolute Gasteiger partial charge is 0.264 e. The summed E-state index contributed by atoms with van der Waals surface area (Å²) < 4.78 is 57.8. The molecule has 0 saturated heterocycles. The summed E-state index contributed by atoms with van der Waals surface area (Å²) in [6.07, 6.45) is 0. The van der Waals surface area contributed by atoms with Crippen LogP contribution in [0.2, 0.25) is 0 Å². The molecular formula is C16H13F4NO2. The van der Waals surface area contributed by atoms with Gasteiger partial charge in [0.2, 0.25) is 11.6 Å². The van der Waals surface area contributed by atoms with Gasteiger partial charge in [0.15, 0.2) is 24.0 Å². The number of carbonyl (C=O) groups is 1. The lowest BCUT2D eigenvalue weighted by molar-refractivity contribution is -0.120. The van der Waals surface area contributed by atoms with Crippen molar-refractivity contribution in [3.63, 3.8) is 0 Å². The molecule has 0 spiro atoms. The van der Waals surface area contributed by atoms with Crippen LogP contribution in [0.15, 0.2) is 36.4 Å². The largest absolute Gasteiger partial charge is 0.477 e. The Hall–Kier alpha value is -2.57. The van der Waals surface area contributed by atoms with Gasteiger partial charge in [-0.1, -0.05) is 18.2 Å². The molecule has 0 unspecified atom stereocenters. The van der Waals surface area contributed by atoms with E-state index in [-0.39, 0.29) is 12.6 Å². The van der Waals surface area contributed by atoms with Gasteiger partial charge < -0.3 is 9.64 Å². The lowest BCUT2D eigenvalue weighted by Crippen LogP contribution is -2.35. The zero-order valence-electron chi connectivity index (χ0n) is 12.2. The van der Waals surface area contributed by atoms with E-state index in [9.17, 15) is 22.4 Å². The first-order valence-corrected chi connectivity index (χ1v) is 6.76. The molecule has 0 N–H and O–H groups in total. The Labute approximate surface area is 130 Å². The van der Waals surface area contributed by atoms with Gasteiger partial charge in [-0.05, 0) is 19.1 Å². The van der Waals surface area contributed by atoms with Gasteiger partial charge in [-0.15, -0.1) is 0 Å². The molecule has 2 rings (SSSR count). The lowest BCUT2D eigenvalue weighted by Gasteiger charge is -2.21. The molecule has 1 amide bonds. The van der Waals surface area contributed by atoms with E-state index in [1.54, 1.807) is 37.3 Å². The molecule has 0 saturated carbocycles. The van der Waals surface area contributed by atoms with Gasteiger partial charge in [0.1, 0.15) is 0 Å². The first kappa shape index (κ1) is 16.8. The molecule has 23 heavy (non-hydrogen) atoms. The van der Waals surface area contributed by atoms with Crippen molar-refractivity contribution >= 4 is 11.6 Å². The molecule has 0 radical (unpaired) electrons. The van der Waals surface area contributed by atoms with E-state index in [1.807, 2.05) is 0 Å². The number of rotatable bonds is 5. The van der Waals surface area contributed by atoms with Crippen LogP contribution in [0, 0.1) is 23.3 Å². The second-order valence-corrected chi connectivity index (χ2v) is 4.56. The fourth-order valence-electron chi connectivity index (χ4n) is 2.00. The Morgan fingerprint density at radius 2 is 1.61 bits per heavy atom. The first-order chi connectivity index (χ1) is 11.0. The fourth-order valence-corrected chi connectivity index (χ4v) is 2.00. The van der Waals surface area contributed by atoms with E-state index >= 15 is 0 Å². The SMILES string of the molecule is CCN(C(=O)COc1c(F)c(F)cc(F)c1F)c1ccccc1. The van der Waals surface area contributed by atoms with Gasteiger partial charge in [0, 0.05) is 18.3 Å². The Bertz CT molecular complexity index is 681. The third kappa shape index (κ3) is 3.61. The van der Waals surface area contributed by atoms with Crippen LogP contribution in [0.5, 0.6) is 5.75 Å². The third-order valence-corrected chi connectivity index (χ3v) is 3.10. The number of anilines is 1. The van der Waals surface area contributed by atoms with Gasteiger partial charge in [-0.3, -0.25) is 4.79 Å². The highest BCUT2D eigenvalue weighted by Gasteiger charge is 2.22. The van der Waals surface area contributed by atoms with E-state index in [2.05, 4.69) is 4.74 Å². The molecule has 3 nitrogen and oxygen atoms in total. The maximum absolute atomic E-state index is 13.5. The van der Waals surface area contributed by atoms with Gasteiger partial charge >= 0.3 is 0 Å². The van der Waals surface area contributed by atoms with E-state index in [0.717, 1.165) is 0 Å². The fraction of sp³-hybridized carbons (Fsp3) is 0.188. The van der Waals surface area contributed by atoms with Gasteiger partial charge in [0.25, 0.3) is 5.91 Å². The first-order valence-electron chi connectivity index (χ1n) is 6.76. The summed E-state index contributed by atoms with van der Waals surface area (Å²) in [5.41, 5.74) is 0.565. The molecule has 122 valence electrons. The summed E-state index contributed by atoms with van der Waals surface area (Å²) >= 11 is 0. The second kappa shape index (κ2) is 7.13. The van der Waals surface area contributed by atoms with E-state index in [4.69, 9.17) is 0 Å². The number of benzene rings is 2. The molecule has 0 aliphatic heterocycles. The Morgan fingerprint density at radius 1 is 1.04 bits per heavy atom. The standard InChI is InChI=1S/C16H13F4NO2/c1-2-21(10-6-4-3-5-7-10)13(22)9-23-16-14(19)11(17)8-12(18)15(16)20/h3-8H,2,9H2,1H3. The minimum Gasteiger partial charge on any atom is -0.477 e. The van der Waals surface area contributed by atoms with Crippen LogP contribution in [0.3, 0.4) is 0 Å². The van der Waals surface area contributed by atoms with Crippen molar-refractivity contribution in [3.8, 4) is 5.75 Å². The van der Waals surface area contributed by atoms with Crippen LogP contribution in [0.4, 0.5) is 23.2 Å². The number of ether oxygens (including phenoxy) is 1. The van der Waals surface area contributed by atoms with Crippen molar-refractivity contribution in [2.45, 2.75) is 6.92 Å². The minimum absolute atomic E-state index is 0.0711. The molecule has 0 bridgehead atoms. The molecule has 0 aliphatic rings. The summed E-state index contributed by atoms with van der Waals surface area (Å²) in [5, 5.41) is 0. The van der Waals surface area contributed by atoms with Crippen LogP contribution in [0.25, 0.3) is 0 Å². The van der Waals surface area contributed by atoms with Crippen molar-refractivity contribution in [2.75, 3.05) is 18.1 Å². The number of para-hydroxylation sites is 1. The summed E-state index contributed by atoms with van der Waals surface area (Å²) in [5.74, 6) is -8.41. The molecule has 0 fully saturated rings. The van der Waals surface area contributed by atoms with Crippen LogP contribution in [0.1, 0.15) is 6.92 Å². The van der Waals surface area contributed by atoms with Crippen molar-refractivity contribution < 1.29 is 27.1 Å². The highest BCUT2D eigenvalue weighted by Crippen LogP contribution is 2.26. The molecule has 0 aliphatic carbocycles. The Kier molecular flexibility index (Phi) is 5.20. The van der Waals surface area contributed by atoms with E-state index in [0.29, 0.717) is 5.69 Å². The molecule has 2 aromatic rings. The number of hydrogen-bond acceptors (Lipinski definition) is 2. The van der Waals surface area contributed by atoms with Crippen LogP contribution >= 0.6 is 0 Å². The quantitative estimate of drug-likeness (QED) is 0.619. The van der Waals surface area contributed by atoms with Crippen LogP contribution in [-0.2, 0) is 4.79 Å². The summed E-state index contributed by atoms with van der Waals surface area (Å²) in [7, 11) is 0. The van der Waals surface area contributed by atoms with Crippen LogP contribution < -0.4 is 9.64 Å². The maximum Gasteiger partial charge on any atom is 0.264 e. The predicted octanol–water partition coefficient (Wildman–Crippen LogP) is 3.67. The maximum atomic E-state index is 13.5. The number of nitrogens with zero attached hydrogens (tertiary/aromatic N) is 1. The predicted molar refractivity (Wildman–Crippen MR) is 76.2 cm³/mol. The molecule has 0 aromatic heterocycles. The number of amides is 1. The van der Waals surface area contributed by atoms with Crippen LogP contribution in [-0.4, -0.2) is 19.1 Å². The third-order valence-electron chi connectivity index (χ3n) is 3.10. The zero-order chi connectivity index (χ0) is 17.0. The molecule has 7 heteroatoms. The molecule has 0 atom stereocenters. The molecule has 2 aromatic carbocycles. The molecule has 0 heterocycles. The number of carbonyl (C=O) groups excluding carboxylic acids is 1. The monoisotopic (exact) mass is 327 g/mol. The van der Waals surface area contributed by atoms with Gasteiger partial charge in [0.05, 0.1) is 0 Å². The van der Waals surface area contributed by atoms with Crippen molar-refractivity contribution in [1.82, 2.24) is 0 Å².